The van der Waals surface area contributed by atoms with Gasteiger partial charge in [0.1, 0.15) is 0 Å². The molecule has 0 unspecified atom stereocenters. The Morgan fingerprint density at radius 3 is 2.87 bits per heavy atom. The number of aliphatic hydroxyl groups excluding tert-OH is 1. The summed E-state index contributed by atoms with van der Waals surface area (Å²) in [5, 5.41) is 10.8. The smallest absolute Gasteiger partial charge is 0.0956 e. The minimum absolute atomic E-state index is 0.207. The Labute approximate surface area is 135 Å². The molecule has 3 aliphatic rings. The van der Waals surface area contributed by atoms with Crippen molar-refractivity contribution in [1.29, 1.82) is 0 Å². The summed E-state index contributed by atoms with van der Waals surface area (Å²) >= 11 is 0. The van der Waals surface area contributed by atoms with Crippen LogP contribution in [0, 0.1) is 5.92 Å². The summed E-state index contributed by atoms with van der Waals surface area (Å²) in [6.07, 6.45) is 4.55. The largest absolute Gasteiger partial charge is 0.391 e. The van der Waals surface area contributed by atoms with E-state index in [0.717, 1.165) is 32.7 Å². The van der Waals surface area contributed by atoms with Crippen LogP contribution in [0.3, 0.4) is 0 Å². The highest BCUT2D eigenvalue weighted by atomic mass is 16.5. The fourth-order valence-electron chi connectivity index (χ4n) is 4.42. The number of piperidine rings is 1. The van der Waals surface area contributed by atoms with Gasteiger partial charge in [-0.2, -0.15) is 0 Å². The number of benzene rings is 1. The van der Waals surface area contributed by atoms with Gasteiger partial charge in [0, 0.05) is 18.0 Å². The third-order valence-corrected chi connectivity index (χ3v) is 5.73. The quantitative estimate of drug-likeness (QED) is 0.914. The lowest BCUT2D eigenvalue weighted by atomic mass is 9.83. The molecule has 2 aromatic rings. The highest BCUT2D eigenvalue weighted by Gasteiger charge is 2.42. The van der Waals surface area contributed by atoms with Crippen LogP contribution in [0.1, 0.15) is 18.0 Å². The van der Waals surface area contributed by atoms with E-state index >= 15 is 0 Å². The topological polar surface area (TPSA) is 50.5 Å². The first-order chi connectivity index (χ1) is 11.3. The van der Waals surface area contributed by atoms with Crippen LogP contribution in [0.15, 0.2) is 36.8 Å². The van der Waals surface area contributed by atoms with Gasteiger partial charge < -0.3 is 14.4 Å². The van der Waals surface area contributed by atoms with Crippen LogP contribution in [-0.4, -0.2) is 58.0 Å². The van der Waals surface area contributed by atoms with Crippen molar-refractivity contribution in [1.82, 2.24) is 14.5 Å². The number of fused-ring (bicyclic) bond motifs is 3. The van der Waals surface area contributed by atoms with E-state index in [0.29, 0.717) is 6.04 Å². The van der Waals surface area contributed by atoms with Gasteiger partial charge in [0.05, 0.1) is 49.6 Å². The van der Waals surface area contributed by atoms with Crippen LogP contribution in [0.5, 0.6) is 0 Å². The van der Waals surface area contributed by atoms with Gasteiger partial charge in [-0.1, -0.05) is 24.3 Å². The van der Waals surface area contributed by atoms with Crippen molar-refractivity contribution in [2.24, 2.45) is 5.92 Å². The Hall–Kier alpha value is -1.69. The Morgan fingerprint density at radius 2 is 2.09 bits per heavy atom. The number of likely N-dealkylation sites (tertiary alicyclic amines) is 1. The van der Waals surface area contributed by atoms with Crippen molar-refractivity contribution in [3.05, 3.63) is 42.4 Å². The zero-order chi connectivity index (χ0) is 15.4. The summed E-state index contributed by atoms with van der Waals surface area (Å²) in [6, 6.07) is 9.25. The number of hydrogen-bond acceptors (Lipinski definition) is 4. The van der Waals surface area contributed by atoms with Gasteiger partial charge in [-0.15, -0.1) is 0 Å². The molecule has 3 atom stereocenters. The Balaban J connectivity index is 1.46. The fraction of sp³-hybridized carbons (Fsp3) is 0.500. The van der Waals surface area contributed by atoms with Crippen LogP contribution in [-0.2, 0) is 4.74 Å². The second-order valence-electron chi connectivity index (χ2n) is 6.92. The first-order valence-electron chi connectivity index (χ1n) is 8.44. The summed E-state index contributed by atoms with van der Waals surface area (Å²) in [7, 11) is 0. The lowest BCUT2D eigenvalue weighted by Crippen LogP contribution is -2.56. The van der Waals surface area contributed by atoms with Crippen molar-refractivity contribution in [2.45, 2.75) is 24.6 Å². The summed E-state index contributed by atoms with van der Waals surface area (Å²) in [4.78, 5) is 6.72. The van der Waals surface area contributed by atoms with Gasteiger partial charge in [-0.3, -0.25) is 4.90 Å². The average molecular weight is 311 g/mol. The first kappa shape index (κ1) is 13.7. The minimum atomic E-state index is -0.309. The number of aliphatic hydroxyl groups is 1. The van der Waals surface area contributed by atoms with Crippen molar-refractivity contribution < 1.29 is 9.84 Å². The van der Waals surface area contributed by atoms with E-state index in [1.165, 1.54) is 16.8 Å². The molecular weight excluding hydrogens is 290 g/mol. The maximum absolute atomic E-state index is 10.8. The van der Waals surface area contributed by atoms with E-state index in [1.54, 1.807) is 0 Å². The second kappa shape index (κ2) is 5.16. The summed E-state index contributed by atoms with van der Waals surface area (Å²) < 4.78 is 7.55. The summed E-state index contributed by atoms with van der Waals surface area (Å²) in [5.41, 5.74) is 3.76. The minimum Gasteiger partial charge on any atom is -0.391 e. The number of hydrogen-bond donors (Lipinski definition) is 1. The van der Waals surface area contributed by atoms with Gasteiger partial charge in [-0.05, 0) is 18.5 Å². The van der Waals surface area contributed by atoms with Crippen molar-refractivity contribution >= 4 is 0 Å². The molecule has 5 nitrogen and oxygen atoms in total. The van der Waals surface area contributed by atoms with Crippen molar-refractivity contribution in [2.75, 3.05) is 26.3 Å². The maximum atomic E-state index is 10.8. The van der Waals surface area contributed by atoms with E-state index in [4.69, 9.17) is 4.74 Å². The number of ether oxygens (including phenoxy) is 1. The molecule has 0 aliphatic carbocycles. The molecule has 5 rings (SSSR count). The Bertz CT molecular complexity index is 725. The standard InChI is InChI=1S/C18H21N3O2/c22-17-8-20(12-9-23-10-12)6-5-15(17)18-14-4-2-1-3-13(14)16-7-19-11-21(16)18/h1-4,7,11-12,15,17-18,22H,5-6,8-10H2/t15-,17-,18+/m1/s1. The summed E-state index contributed by atoms with van der Waals surface area (Å²) in [6.45, 7) is 3.42. The van der Waals surface area contributed by atoms with E-state index < -0.39 is 0 Å². The number of nitrogens with zero attached hydrogens (tertiary/aromatic N) is 3. The molecule has 1 aromatic carbocycles. The molecule has 120 valence electrons. The predicted octanol–water partition coefficient (Wildman–Crippen LogP) is 1.53. The lowest BCUT2D eigenvalue weighted by molar-refractivity contribution is -0.0986. The molecule has 0 spiro atoms. The van der Waals surface area contributed by atoms with Crippen LogP contribution < -0.4 is 0 Å². The van der Waals surface area contributed by atoms with Crippen LogP contribution in [0.25, 0.3) is 11.3 Å². The Kier molecular flexibility index (Phi) is 3.08. The van der Waals surface area contributed by atoms with Crippen LogP contribution in [0.4, 0.5) is 0 Å². The molecule has 0 radical (unpaired) electrons. The average Bonchev–Trinajstić information content (AvgIpc) is 3.07. The molecule has 23 heavy (non-hydrogen) atoms. The van der Waals surface area contributed by atoms with E-state index in [1.807, 2.05) is 12.5 Å². The van der Waals surface area contributed by atoms with Crippen LogP contribution >= 0.6 is 0 Å². The van der Waals surface area contributed by atoms with Gasteiger partial charge in [0.2, 0.25) is 0 Å². The highest BCUT2D eigenvalue weighted by Crippen LogP contribution is 2.45. The molecule has 3 aliphatic heterocycles. The van der Waals surface area contributed by atoms with E-state index in [9.17, 15) is 5.11 Å². The van der Waals surface area contributed by atoms with Gasteiger partial charge in [-0.25, -0.2) is 4.98 Å². The molecule has 2 saturated heterocycles. The van der Waals surface area contributed by atoms with Gasteiger partial charge in [0.15, 0.2) is 0 Å². The molecule has 1 aromatic heterocycles. The SMILES string of the molecule is O[C@@H]1CN(C2COC2)CC[C@H]1[C@@H]1c2ccccc2-c2cncn21. The molecule has 5 heteroatoms. The number of imidazole rings is 1. The van der Waals surface area contributed by atoms with E-state index in [-0.39, 0.29) is 18.1 Å². The van der Waals surface area contributed by atoms with Crippen molar-refractivity contribution in [3.63, 3.8) is 0 Å². The highest BCUT2D eigenvalue weighted by molar-refractivity contribution is 5.69. The number of β-amino-alcohol motifs (C(OH)–C–C–N with tert-alkyl or cyclic N) is 1. The van der Waals surface area contributed by atoms with E-state index in [2.05, 4.69) is 38.7 Å². The van der Waals surface area contributed by atoms with Gasteiger partial charge in [0.25, 0.3) is 0 Å². The number of aromatic nitrogens is 2. The second-order valence-corrected chi connectivity index (χ2v) is 6.92. The molecule has 1 N–H and O–H groups in total. The maximum Gasteiger partial charge on any atom is 0.0956 e. The normalized spacial score (nSPS) is 30.7. The lowest BCUT2D eigenvalue weighted by Gasteiger charge is -2.45. The third-order valence-electron chi connectivity index (χ3n) is 5.73. The molecule has 0 amide bonds. The number of rotatable bonds is 2. The molecule has 4 heterocycles. The first-order valence-corrected chi connectivity index (χ1v) is 8.44. The third kappa shape index (κ3) is 2.00. The zero-order valence-electron chi connectivity index (χ0n) is 13.0. The predicted molar refractivity (Wildman–Crippen MR) is 86.1 cm³/mol. The van der Waals surface area contributed by atoms with Gasteiger partial charge >= 0.3 is 0 Å². The molecule has 2 fully saturated rings. The molecule has 0 saturated carbocycles. The monoisotopic (exact) mass is 311 g/mol. The van der Waals surface area contributed by atoms with Crippen LogP contribution in [0.2, 0.25) is 0 Å². The van der Waals surface area contributed by atoms with Crippen molar-refractivity contribution in [3.8, 4) is 11.3 Å². The molecule has 0 bridgehead atoms. The fourth-order valence-corrected chi connectivity index (χ4v) is 4.42. The summed E-state index contributed by atoms with van der Waals surface area (Å²) in [5.74, 6) is 0.240. The molecular formula is C18H21N3O2. The zero-order valence-corrected chi connectivity index (χ0v) is 13.0. The Morgan fingerprint density at radius 1 is 1.22 bits per heavy atom.